The summed E-state index contributed by atoms with van der Waals surface area (Å²) in [7, 11) is 0. The van der Waals surface area contributed by atoms with E-state index in [1.807, 2.05) is 12.4 Å². The molecule has 0 aromatic carbocycles. The first-order valence-corrected chi connectivity index (χ1v) is 6.86. The number of nitrogens with zero attached hydrogens (tertiary/aromatic N) is 3. The van der Waals surface area contributed by atoms with Crippen molar-refractivity contribution < 1.29 is 5.11 Å². The van der Waals surface area contributed by atoms with E-state index in [0.29, 0.717) is 6.54 Å². The van der Waals surface area contributed by atoms with Crippen LogP contribution in [0.15, 0.2) is 12.4 Å². The monoisotopic (exact) mass is 252 g/mol. The summed E-state index contributed by atoms with van der Waals surface area (Å²) in [6.45, 7) is 4.84. The normalized spacial score (nSPS) is 18.3. The van der Waals surface area contributed by atoms with E-state index in [-0.39, 0.29) is 6.61 Å². The minimum atomic E-state index is 0.144. The molecule has 2 heterocycles. The molecule has 0 unspecified atom stereocenters. The summed E-state index contributed by atoms with van der Waals surface area (Å²) >= 11 is 0. The Morgan fingerprint density at radius 3 is 2.83 bits per heavy atom. The van der Waals surface area contributed by atoms with Gasteiger partial charge in [-0.15, -0.1) is 0 Å². The fourth-order valence-corrected chi connectivity index (χ4v) is 2.64. The highest BCUT2D eigenvalue weighted by molar-refractivity contribution is 5.03. The Morgan fingerprint density at radius 1 is 1.39 bits per heavy atom. The van der Waals surface area contributed by atoms with Crippen LogP contribution < -0.4 is 5.73 Å². The number of nitrogens with two attached hydrogens (primary N) is 1. The van der Waals surface area contributed by atoms with E-state index >= 15 is 0 Å². The van der Waals surface area contributed by atoms with Gasteiger partial charge in [0.2, 0.25) is 0 Å². The first-order valence-electron chi connectivity index (χ1n) is 6.86. The van der Waals surface area contributed by atoms with E-state index in [9.17, 15) is 0 Å². The Labute approximate surface area is 109 Å². The van der Waals surface area contributed by atoms with Gasteiger partial charge in [0.25, 0.3) is 0 Å². The topological polar surface area (TPSA) is 67.3 Å². The van der Waals surface area contributed by atoms with Crippen LogP contribution in [0.5, 0.6) is 0 Å². The summed E-state index contributed by atoms with van der Waals surface area (Å²) in [4.78, 5) is 2.48. The second kappa shape index (κ2) is 6.87. The summed E-state index contributed by atoms with van der Waals surface area (Å²) in [5.41, 5.74) is 6.84. The zero-order valence-electron chi connectivity index (χ0n) is 11.0. The SMILES string of the molecule is NCCC1CCN(Cc2cnn(CCO)c2)CC1. The van der Waals surface area contributed by atoms with Crippen molar-refractivity contribution in [3.63, 3.8) is 0 Å². The number of piperidine rings is 1. The van der Waals surface area contributed by atoms with Crippen molar-refractivity contribution in [1.29, 1.82) is 0 Å². The molecule has 0 spiro atoms. The molecule has 18 heavy (non-hydrogen) atoms. The fourth-order valence-electron chi connectivity index (χ4n) is 2.64. The van der Waals surface area contributed by atoms with Crippen LogP contribution in [0.3, 0.4) is 0 Å². The average Bonchev–Trinajstić information content (AvgIpc) is 2.80. The van der Waals surface area contributed by atoms with Crippen molar-refractivity contribution in [2.75, 3.05) is 26.2 Å². The van der Waals surface area contributed by atoms with Gasteiger partial charge in [0, 0.05) is 18.3 Å². The molecule has 2 rings (SSSR count). The molecule has 0 bridgehead atoms. The van der Waals surface area contributed by atoms with Crippen LogP contribution in [0.25, 0.3) is 0 Å². The van der Waals surface area contributed by atoms with Gasteiger partial charge >= 0.3 is 0 Å². The van der Waals surface area contributed by atoms with Crippen molar-refractivity contribution >= 4 is 0 Å². The van der Waals surface area contributed by atoms with Gasteiger partial charge in [0.05, 0.1) is 19.3 Å². The van der Waals surface area contributed by atoms with Crippen molar-refractivity contribution in [3.8, 4) is 0 Å². The summed E-state index contributed by atoms with van der Waals surface area (Å²) in [6.07, 6.45) is 7.63. The predicted octanol–water partition coefficient (Wildman–Crippen LogP) is 0.436. The van der Waals surface area contributed by atoms with Gasteiger partial charge in [0.15, 0.2) is 0 Å². The van der Waals surface area contributed by atoms with Gasteiger partial charge in [-0.3, -0.25) is 9.58 Å². The van der Waals surface area contributed by atoms with E-state index in [0.717, 1.165) is 32.1 Å². The smallest absolute Gasteiger partial charge is 0.0640 e. The first-order chi connectivity index (χ1) is 8.81. The number of aromatic nitrogens is 2. The molecule has 1 aliphatic heterocycles. The van der Waals surface area contributed by atoms with E-state index in [1.54, 1.807) is 4.68 Å². The molecular formula is C13H24N4O. The number of aliphatic hydroxyl groups is 1. The summed E-state index contributed by atoms with van der Waals surface area (Å²) in [6, 6.07) is 0. The molecule has 1 aliphatic rings. The van der Waals surface area contributed by atoms with Crippen LogP contribution in [-0.4, -0.2) is 46.0 Å². The summed E-state index contributed by atoms with van der Waals surface area (Å²) in [5, 5.41) is 13.1. The first kappa shape index (κ1) is 13.5. The highest BCUT2D eigenvalue weighted by atomic mass is 16.3. The lowest BCUT2D eigenvalue weighted by Crippen LogP contribution is -2.33. The molecule has 1 saturated heterocycles. The maximum Gasteiger partial charge on any atom is 0.0640 e. The minimum Gasteiger partial charge on any atom is -0.394 e. The van der Waals surface area contributed by atoms with Crippen LogP contribution in [0.2, 0.25) is 0 Å². The van der Waals surface area contributed by atoms with Gasteiger partial charge in [-0.2, -0.15) is 5.10 Å². The van der Waals surface area contributed by atoms with Gasteiger partial charge in [-0.1, -0.05) is 0 Å². The van der Waals surface area contributed by atoms with E-state index < -0.39 is 0 Å². The molecule has 0 radical (unpaired) electrons. The quantitative estimate of drug-likeness (QED) is 0.771. The van der Waals surface area contributed by atoms with Crippen LogP contribution in [-0.2, 0) is 13.1 Å². The van der Waals surface area contributed by atoms with Crippen LogP contribution in [0.4, 0.5) is 0 Å². The number of aliphatic hydroxyl groups excluding tert-OH is 1. The molecule has 102 valence electrons. The Kier molecular flexibility index (Phi) is 5.16. The maximum absolute atomic E-state index is 8.85. The lowest BCUT2D eigenvalue weighted by Gasteiger charge is -2.31. The molecule has 3 N–H and O–H groups in total. The van der Waals surface area contributed by atoms with Crippen molar-refractivity contribution in [2.24, 2.45) is 11.7 Å². The number of hydrogen-bond acceptors (Lipinski definition) is 4. The highest BCUT2D eigenvalue weighted by Gasteiger charge is 2.18. The third-order valence-corrected chi connectivity index (χ3v) is 3.70. The molecule has 0 saturated carbocycles. The molecule has 0 aliphatic carbocycles. The Balaban J connectivity index is 1.76. The van der Waals surface area contributed by atoms with Gasteiger partial charge in [-0.25, -0.2) is 0 Å². The minimum absolute atomic E-state index is 0.144. The summed E-state index contributed by atoms with van der Waals surface area (Å²) in [5.74, 6) is 0.823. The second-order valence-electron chi connectivity index (χ2n) is 5.13. The van der Waals surface area contributed by atoms with Crippen LogP contribution >= 0.6 is 0 Å². The summed E-state index contributed by atoms with van der Waals surface area (Å²) < 4.78 is 1.80. The van der Waals surface area contributed by atoms with E-state index in [1.165, 1.54) is 24.8 Å². The molecule has 0 atom stereocenters. The van der Waals surface area contributed by atoms with E-state index in [2.05, 4.69) is 10.00 Å². The fraction of sp³-hybridized carbons (Fsp3) is 0.769. The molecule has 5 heteroatoms. The van der Waals surface area contributed by atoms with Crippen molar-refractivity contribution in [1.82, 2.24) is 14.7 Å². The van der Waals surface area contributed by atoms with Crippen molar-refractivity contribution in [2.45, 2.75) is 32.4 Å². The number of hydrogen-bond donors (Lipinski definition) is 2. The Bertz CT molecular complexity index is 345. The third kappa shape index (κ3) is 3.80. The Morgan fingerprint density at radius 2 is 2.17 bits per heavy atom. The molecule has 0 amide bonds. The van der Waals surface area contributed by atoms with E-state index in [4.69, 9.17) is 10.8 Å². The predicted molar refractivity (Wildman–Crippen MR) is 71.0 cm³/mol. The maximum atomic E-state index is 8.85. The lowest BCUT2D eigenvalue weighted by molar-refractivity contribution is 0.173. The standard InChI is InChI=1S/C13H24N4O/c14-4-1-12-2-5-16(6-3-12)10-13-9-15-17(11-13)7-8-18/h9,11-12,18H,1-8,10,14H2. The zero-order chi connectivity index (χ0) is 12.8. The zero-order valence-corrected chi connectivity index (χ0v) is 11.0. The molecule has 1 aromatic heterocycles. The number of rotatable bonds is 6. The second-order valence-corrected chi connectivity index (χ2v) is 5.13. The van der Waals surface area contributed by atoms with Crippen LogP contribution in [0, 0.1) is 5.92 Å². The highest BCUT2D eigenvalue weighted by Crippen LogP contribution is 2.21. The number of likely N-dealkylation sites (tertiary alicyclic amines) is 1. The molecule has 1 aromatic rings. The van der Waals surface area contributed by atoms with Gasteiger partial charge < -0.3 is 10.8 Å². The Hall–Kier alpha value is -0.910. The van der Waals surface area contributed by atoms with Gasteiger partial charge in [0.1, 0.15) is 0 Å². The molecule has 5 nitrogen and oxygen atoms in total. The largest absolute Gasteiger partial charge is 0.394 e. The lowest BCUT2D eigenvalue weighted by atomic mass is 9.93. The molecule has 1 fully saturated rings. The third-order valence-electron chi connectivity index (χ3n) is 3.70. The van der Waals surface area contributed by atoms with Gasteiger partial charge in [-0.05, 0) is 44.8 Å². The van der Waals surface area contributed by atoms with Crippen molar-refractivity contribution in [3.05, 3.63) is 18.0 Å². The molecular weight excluding hydrogens is 228 g/mol. The average molecular weight is 252 g/mol. The van der Waals surface area contributed by atoms with Crippen LogP contribution in [0.1, 0.15) is 24.8 Å².